The van der Waals surface area contributed by atoms with Crippen LogP contribution in [0, 0.1) is 11.7 Å². The van der Waals surface area contributed by atoms with E-state index in [0.717, 1.165) is 22.3 Å². The molecule has 1 aliphatic carbocycles. The number of halogens is 1. The van der Waals surface area contributed by atoms with Crippen molar-refractivity contribution in [2.24, 2.45) is 5.92 Å². The zero-order valence-corrected chi connectivity index (χ0v) is 13.4. The first kappa shape index (κ1) is 14.5. The number of aromatic nitrogens is 1. The zero-order chi connectivity index (χ0) is 15.8. The lowest BCUT2D eigenvalue weighted by molar-refractivity contribution is 0.0941. The Balaban J connectivity index is 1.55. The lowest BCUT2D eigenvalue weighted by atomic mass is 10.2. The van der Waals surface area contributed by atoms with Crippen molar-refractivity contribution in [1.82, 2.24) is 9.88 Å². The number of benzene rings is 1. The summed E-state index contributed by atoms with van der Waals surface area (Å²) < 4.78 is 16.5. The second kappa shape index (κ2) is 5.81. The molecule has 0 saturated heterocycles. The second-order valence-corrected chi connectivity index (χ2v) is 7.01. The van der Waals surface area contributed by atoms with Gasteiger partial charge in [0, 0.05) is 13.1 Å². The Labute approximate surface area is 137 Å². The van der Waals surface area contributed by atoms with Gasteiger partial charge in [-0.25, -0.2) is 4.39 Å². The van der Waals surface area contributed by atoms with E-state index in [9.17, 15) is 9.18 Å². The average molecular weight is 328 g/mol. The molecule has 1 amide bonds. The molecule has 5 heteroatoms. The first-order valence-corrected chi connectivity index (χ1v) is 8.68. The molecule has 1 aromatic carbocycles. The minimum Gasteiger partial charge on any atom is -0.347 e. The molecular formula is C18H17FN2OS. The van der Waals surface area contributed by atoms with E-state index in [1.165, 1.54) is 25.0 Å². The molecule has 2 heterocycles. The summed E-state index contributed by atoms with van der Waals surface area (Å²) in [5.41, 5.74) is 2.61. The van der Waals surface area contributed by atoms with Crippen molar-refractivity contribution in [3.63, 3.8) is 0 Å². The number of carbonyl (C=O) groups is 1. The van der Waals surface area contributed by atoms with Crippen LogP contribution in [0.5, 0.6) is 0 Å². The van der Waals surface area contributed by atoms with Gasteiger partial charge in [0.25, 0.3) is 5.91 Å². The summed E-state index contributed by atoms with van der Waals surface area (Å²) in [5, 5.41) is 4.96. The number of amides is 1. The van der Waals surface area contributed by atoms with Crippen molar-refractivity contribution < 1.29 is 9.18 Å². The minimum absolute atomic E-state index is 0.0988. The predicted octanol–water partition coefficient (Wildman–Crippen LogP) is 4.18. The molecule has 1 aliphatic rings. The first-order valence-electron chi connectivity index (χ1n) is 7.80. The third-order valence-electron chi connectivity index (χ3n) is 4.24. The highest BCUT2D eigenvalue weighted by Crippen LogP contribution is 2.34. The number of carbonyl (C=O) groups excluding carboxylic acids is 1. The fraction of sp³-hybridized carbons (Fsp3) is 0.278. The van der Waals surface area contributed by atoms with Crippen LogP contribution in [0.15, 0.2) is 41.8 Å². The van der Waals surface area contributed by atoms with Gasteiger partial charge in [-0.05, 0) is 54.0 Å². The largest absolute Gasteiger partial charge is 0.347 e. The average Bonchev–Trinajstić information content (AvgIpc) is 3.12. The Bertz CT molecular complexity index is 863. The Morgan fingerprint density at radius 3 is 2.96 bits per heavy atom. The Kier molecular flexibility index (Phi) is 3.65. The molecule has 1 saturated carbocycles. The number of rotatable bonds is 5. The summed E-state index contributed by atoms with van der Waals surface area (Å²) >= 11 is 1.65. The number of nitrogens with one attached hydrogen (secondary N) is 1. The van der Waals surface area contributed by atoms with E-state index >= 15 is 0 Å². The molecule has 0 spiro atoms. The van der Waals surface area contributed by atoms with Gasteiger partial charge < -0.3 is 9.88 Å². The molecule has 3 nitrogen and oxygen atoms in total. The van der Waals surface area contributed by atoms with Crippen LogP contribution in [0.3, 0.4) is 0 Å². The van der Waals surface area contributed by atoms with E-state index in [1.807, 2.05) is 12.1 Å². The maximum absolute atomic E-state index is 13.2. The van der Waals surface area contributed by atoms with Crippen LogP contribution in [-0.2, 0) is 13.1 Å². The maximum Gasteiger partial charge on any atom is 0.268 e. The van der Waals surface area contributed by atoms with Gasteiger partial charge in [-0.3, -0.25) is 4.79 Å². The van der Waals surface area contributed by atoms with Crippen molar-refractivity contribution in [3.8, 4) is 0 Å². The van der Waals surface area contributed by atoms with Crippen LogP contribution in [0.25, 0.3) is 10.2 Å². The van der Waals surface area contributed by atoms with Crippen LogP contribution in [0.1, 0.15) is 28.9 Å². The van der Waals surface area contributed by atoms with Gasteiger partial charge in [-0.1, -0.05) is 12.1 Å². The van der Waals surface area contributed by atoms with Crippen molar-refractivity contribution in [3.05, 3.63) is 58.9 Å². The lowest BCUT2D eigenvalue weighted by Crippen LogP contribution is -2.25. The topological polar surface area (TPSA) is 34.0 Å². The molecule has 0 bridgehead atoms. The van der Waals surface area contributed by atoms with Crippen LogP contribution >= 0.6 is 11.3 Å². The SMILES string of the molecule is O=C(NCc1cccc(F)c1)c1cc2sccc2n1CC1CC1. The third-order valence-corrected chi connectivity index (χ3v) is 5.09. The molecule has 0 atom stereocenters. The van der Waals surface area contributed by atoms with Crippen LogP contribution in [0.4, 0.5) is 4.39 Å². The summed E-state index contributed by atoms with van der Waals surface area (Å²) in [4.78, 5) is 12.6. The quantitative estimate of drug-likeness (QED) is 0.749. The van der Waals surface area contributed by atoms with Crippen molar-refractivity contribution in [2.75, 3.05) is 0 Å². The highest BCUT2D eigenvalue weighted by Gasteiger charge is 2.25. The van der Waals surface area contributed by atoms with Gasteiger partial charge in [0.05, 0.1) is 10.2 Å². The van der Waals surface area contributed by atoms with E-state index in [4.69, 9.17) is 0 Å². The van der Waals surface area contributed by atoms with Gasteiger partial charge in [-0.15, -0.1) is 11.3 Å². The van der Waals surface area contributed by atoms with Gasteiger partial charge in [0.2, 0.25) is 0 Å². The standard InChI is InChI=1S/C18H17FN2OS/c19-14-3-1-2-13(8-14)10-20-18(22)16-9-17-15(6-7-23-17)21(16)11-12-4-5-12/h1-3,6-9,12H,4-5,10-11H2,(H,20,22). The van der Waals surface area contributed by atoms with Gasteiger partial charge >= 0.3 is 0 Å². The third kappa shape index (κ3) is 3.01. The summed E-state index contributed by atoms with van der Waals surface area (Å²) in [6, 6.07) is 10.4. The molecule has 0 aliphatic heterocycles. The van der Waals surface area contributed by atoms with E-state index in [0.29, 0.717) is 18.2 Å². The molecule has 3 aromatic rings. The second-order valence-electron chi connectivity index (χ2n) is 6.07. The van der Waals surface area contributed by atoms with Gasteiger partial charge in [0.15, 0.2) is 0 Å². The maximum atomic E-state index is 13.2. The van der Waals surface area contributed by atoms with E-state index in [1.54, 1.807) is 17.4 Å². The monoisotopic (exact) mass is 328 g/mol. The van der Waals surface area contributed by atoms with Crippen LogP contribution in [0.2, 0.25) is 0 Å². The van der Waals surface area contributed by atoms with Crippen molar-refractivity contribution >= 4 is 27.5 Å². The number of hydrogen-bond donors (Lipinski definition) is 1. The Morgan fingerprint density at radius 2 is 2.17 bits per heavy atom. The highest BCUT2D eigenvalue weighted by atomic mass is 32.1. The number of hydrogen-bond acceptors (Lipinski definition) is 2. The molecule has 23 heavy (non-hydrogen) atoms. The van der Waals surface area contributed by atoms with Gasteiger partial charge in [0.1, 0.15) is 11.5 Å². The van der Waals surface area contributed by atoms with Crippen LogP contribution < -0.4 is 5.32 Å². The normalized spacial score (nSPS) is 14.3. The number of nitrogens with zero attached hydrogens (tertiary/aromatic N) is 1. The zero-order valence-electron chi connectivity index (χ0n) is 12.6. The summed E-state index contributed by atoms with van der Waals surface area (Å²) in [6.45, 7) is 1.24. The molecule has 2 aromatic heterocycles. The van der Waals surface area contributed by atoms with Crippen molar-refractivity contribution in [2.45, 2.75) is 25.9 Å². The summed E-state index contributed by atoms with van der Waals surface area (Å²) in [7, 11) is 0. The first-order chi connectivity index (χ1) is 11.2. The van der Waals surface area contributed by atoms with E-state index in [-0.39, 0.29) is 11.7 Å². The van der Waals surface area contributed by atoms with E-state index in [2.05, 4.69) is 21.3 Å². The van der Waals surface area contributed by atoms with Gasteiger partial charge in [-0.2, -0.15) is 0 Å². The van der Waals surface area contributed by atoms with Crippen LogP contribution in [-0.4, -0.2) is 10.5 Å². The summed E-state index contributed by atoms with van der Waals surface area (Å²) in [5.74, 6) is 0.313. The smallest absolute Gasteiger partial charge is 0.268 e. The minimum atomic E-state index is -0.283. The number of thiophene rings is 1. The Morgan fingerprint density at radius 1 is 1.30 bits per heavy atom. The molecule has 1 fully saturated rings. The molecule has 0 unspecified atom stereocenters. The summed E-state index contributed by atoms with van der Waals surface area (Å²) in [6.07, 6.45) is 2.49. The lowest BCUT2D eigenvalue weighted by Gasteiger charge is -2.10. The molecule has 1 N–H and O–H groups in total. The van der Waals surface area contributed by atoms with E-state index < -0.39 is 0 Å². The predicted molar refractivity (Wildman–Crippen MR) is 90.1 cm³/mol. The fourth-order valence-electron chi connectivity index (χ4n) is 2.84. The van der Waals surface area contributed by atoms with Crippen molar-refractivity contribution in [1.29, 1.82) is 0 Å². The Hall–Kier alpha value is -2.14. The molecule has 118 valence electrons. The number of fused-ring (bicyclic) bond motifs is 1. The molecule has 4 rings (SSSR count). The highest BCUT2D eigenvalue weighted by molar-refractivity contribution is 7.17. The molecule has 0 radical (unpaired) electrons. The molecular weight excluding hydrogens is 311 g/mol. The fourth-order valence-corrected chi connectivity index (χ4v) is 3.66.